The molecule has 0 saturated heterocycles. The Kier molecular flexibility index (Phi) is 9.86. The predicted octanol–water partition coefficient (Wildman–Crippen LogP) is 5.13. The Morgan fingerprint density at radius 2 is 1.60 bits per heavy atom. The van der Waals surface area contributed by atoms with Crippen molar-refractivity contribution in [3.05, 3.63) is 88.9 Å². The van der Waals surface area contributed by atoms with Crippen molar-refractivity contribution in [2.45, 2.75) is 56.1 Å². The van der Waals surface area contributed by atoms with Gasteiger partial charge in [0.15, 0.2) is 0 Å². The van der Waals surface area contributed by atoms with E-state index in [4.69, 9.17) is 4.74 Å². The van der Waals surface area contributed by atoms with Crippen LogP contribution in [-0.4, -0.2) is 50.9 Å². The number of anilines is 1. The SMILES string of the molecule is COc1ccc(N(CC(=O)N(Cc2ccc(Br)cc2)[C@H](C)C(=O)NC2CCCC2)S(=O)(=O)c2ccccc2)cc1. The van der Waals surface area contributed by atoms with Crippen LogP contribution in [0.3, 0.4) is 0 Å². The number of methoxy groups -OCH3 is 1. The summed E-state index contributed by atoms with van der Waals surface area (Å²) in [4.78, 5) is 28.8. The number of hydrogen-bond acceptors (Lipinski definition) is 5. The molecular weight excluding hydrogens is 594 g/mol. The molecule has 0 aliphatic heterocycles. The predicted molar refractivity (Wildman–Crippen MR) is 159 cm³/mol. The lowest BCUT2D eigenvalue weighted by Gasteiger charge is -2.32. The van der Waals surface area contributed by atoms with Crippen LogP contribution in [0.4, 0.5) is 5.69 Å². The topological polar surface area (TPSA) is 96.0 Å². The van der Waals surface area contributed by atoms with Crippen LogP contribution < -0.4 is 14.4 Å². The third-order valence-corrected chi connectivity index (χ3v) is 9.42. The molecule has 0 spiro atoms. The largest absolute Gasteiger partial charge is 0.497 e. The van der Waals surface area contributed by atoms with Crippen molar-refractivity contribution in [1.29, 1.82) is 0 Å². The molecule has 2 amide bonds. The molecule has 1 saturated carbocycles. The summed E-state index contributed by atoms with van der Waals surface area (Å²) in [6.45, 7) is 1.35. The summed E-state index contributed by atoms with van der Waals surface area (Å²) in [6.07, 6.45) is 3.96. The van der Waals surface area contributed by atoms with Crippen LogP contribution in [0.2, 0.25) is 0 Å². The van der Waals surface area contributed by atoms with Gasteiger partial charge in [0.25, 0.3) is 10.0 Å². The average molecular weight is 629 g/mol. The zero-order valence-electron chi connectivity index (χ0n) is 22.6. The molecular formula is C30H34BrN3O5S. The molecule has 3 aromatic carbocycles. The van der Waals surface area contributed by atoms with Gasteiger partial charge in [0.05, 0.1) is 17.7 Å². The van der Waals surface area contributed by atoms with Gasteiger partial charge in [0.2, 0.25) is 11.8 Å². The van der Waals surface area contributed by atoms with Crippen molar-refractivity contribution in [2.75, 3.05) is 18.0 Å². The van der Waals surface area contributed by atoms with Gasteiger partial charge < -0.3 is 15.0 Å². The number of amides is 2. The molecule has 1 atom stereocenters. The summed E-state index contributed by atoms with van der Waals surface area (Å²) in [5.74, 6) is -0.187. The lowest BCUT2D eigenvalue weighted by Crippen LogP contribution is -2.52. The lowest BCUT2D eigenvalue weighted by molar-refractivity contribution is -0.139. The fourth-order valence-corrected chi connectivity index (χ4v) is 6.46. The molecule has 1 aliphatic rings. The number of halogens is 1. The summed E-state index contributed by atoms with van der Waals surface area (Å²) >= 11 is 3.43. The van der Waals surface area contributed by atoms with Crippen LogP contribution in [0, 0.1) is 0 Å². The molecule has 0 heterocycles. The highest BCUT2D eigenvalue weighted by Crippen LogP contribution is 2.27. The van der Waals surface area contributed by atoms with E-state index in [-0.39, 0.29) is 23.4 Å². The van der Waals surface area contributed by atoms with E-state index in [2.05, 4.69) is 21.2 Å². The highest BCUT2D eigenvalue weighted by Gasteiger charge is 2.33. The van der Waals surface area contributed by atoms with Crippen LogP contribution >= 0.6 is 15.9 Å². The monoisotopic (exact) mass is 627 g/mol. The Balaban J connectivity index is 1.67. The fraction of sp³-hybridized carbons (Fsp3) is 0.333. The van der Waals surface area contributed by atoms with E-state index < -0.39 is 28.5 Å². The van der Waals surface area contributed by atoms with Crippen molar-refractivity contribution in [3.63, 3.8) is 0 Å². The molecule has 3 aromatic rings. The van der Waals surface area contributed by atoms with E-state index in [0.29, 0.717) is 11.4 Å². The van der Waals surface area contributed by atoms with Gasteiger partial charge in [-0.2, -0.15) is 0 Å². The second-order valence-corrected chi connectivity index (χ2v) is 12.6. The standard InChI is InChI=1S/C30H34BrN3O5S/c1-22(30(36)32-25-8-6-7-9-25)33(20-23-12-14-24(31)15-13-23)29(35)21-34(26-16-18-27(39-2)19-17-26)40(37,38)28-10-4-3-5-11-28/h3-5,10-19,22,25H,6-9,20-21H2,1-2H3,(H,32,36)/t22-/m1/s1. The first-order valence-corrected chi connectivity index (χ1v) is 15.5. The van der Waals surface area contributed by atoms with Crippen LogP contribution in [-0.2, 0) is 26.2 Å². The molecule has 1 aliphatic carbocycles. The normalized spacial score (nSPS) is 14.4. The quantitative estimate of drug-likeness (QED) is 0.318. The van der Waals surface area contributed by atoms with Gasteiger partial charge >= 0.3 is 0 Å². The second kappa shape index (κ2) is 13.3. The number of carbonyl (C=O) groups is 2. The molecule has 0 bridgehead atoms. The first kappa shape index (κ1) is 29.6. The molecule has 4 rings (SSSR count). The van der Waals surface area contributed by atoms with Crippen LogP contribution in [0.15, 0.2) is 88.2 Å². The molecule has 0 unspecified atom stereocenters. The molecule has 0 radical (unpaired) electrons. The van der Waals surface area contributed by atoms with Crippen molar-refractivity contribution >= 4 is 43.5 Å². The third kappa shape index (κ3) is 7.22. The Bertz CT molecular complexity index is 1390. The van der Waals surface area contributed by atoms with Gasteiger partial charge in [-0.25, -0.2) is 8.42 Å². The lowest BCUT2D eigenvalue weighted by atomic mass is 10.1. The van der Waals surface area contributed by atoms with E-state index in [1.807, 2.05) is 24.3 Å². The molecule has 0 aromatic heterocycles. The van der Waals surface area contributed by atoms with Crippen molar-refractivity contribution in [2.24, 2.45) is 0 Å². The Hall–Kier alpha value is -3.37. The van der Waals surface area contributed by atoms with E-state index in [1.54, 1.807) is 49.4 Å². The number of carbonyl (C=O) groups excluding carboxylic acids is 2. The number of nitrogens with zero attached hydrogens (tertiary/aromatic N) is 2. The van der Waals surface area contributed by atoms with Crippen molar-refractivity contribution in [1.82, 2.24) is 10.2 Å². The van der Waals surface area contributed by atoms with Crippen LogP contribution in [0.5, 0.6) is 5.75 Å². The molecule has 1 fully saturated rings. The minimum absolute atomic E-state index is 0.0603. The molecule has 40 heavy (non-hydrogen) atoms. The van der Waals surface area contributed by atoms with E-state index >= 15 is 0 Å². The van der Waals surface area contributed by atoms with Gasteiger partial charge in [0.1, 0.15) is 18.3 Å². The maximum atomic E-state index is 14.0. The Labute approximate surface area is 244 Å². The Morgan fingerprint density at radius 1 is 0.975 bits per heavy atom. The van der Waals surface area contributed by atoms with Crippen molar-refractivity contribution in [3.8, 4) is 5.75 Å². The first-order chi connectivity index (χ1) is 19.2. The van der Waals surface area contributed by atoms with Gasteiger partial charge in [-0.1, -0.05) is 59.1 Å². The number of sulfonamides is 1. The van der Waals surface area contributed by atoms with Gasteiger partial charge in [-0.15, -0.1) is 0 Å². The summed E-state index contributed by atoms with van der Waals surface area (Å²) in [7, 11) is -2.58. The Morgan fingerprint density at radius 3 is 2.20 bits per heavy atom. The smallest absolute Gasteiger partial charge is 0.264 e. The number of benzene rings is 3. The van der Waals surface area contributed by atoms with Gasteiger partial charge in [-0.05, 0) is 73.9 Å². The summed E-state index contributed by atoms with van der Waals surface area (Å²) in [5.41, 5.74) is 1.13. The average Bonchev–Trinajstić information content (AvgIpc) is 3.48. The molecule has 8 nitrogen and oxygen atoms in total. The number of hydrogen-bond donors (Lipinski definition) is 1. The van der Waals surface area contributed by atoms with Crippen LogP contribution in [0.25, 0.3) is 0 Å². The number of ether oxygens (including phenoxy) is 1. The zero-order valence-corrected chi connectivity index (χ0v) is 25.0. The minimum atomic E-state index is -4.11. The van der Waals surface area contributed by atoms with Crippen LogP contribution in [0.1, 0.15) is 38.2 Å². The first-order valence-electron chi connectivity index (χ1n) is 13.2. The molecule has 212 valence electrons. The molecule has 1 N–H and O–H groups in total. The van der Waals surface area contributed by atoms with Gasteiger partial charge in [0, 0.05) is 17.1 Å². The maximum Gasteiger partial charge on any atom is 0.264 e. The highest BCUT2D eigenvalue weighted by molar-refractivity contribution is 9.10. The zero-order chi connectivity index (χ0) is 28.7. The van der Waals surface area contributed by atoms with E-state index in [0.717, 1.165) is 40.0 Å². The van der Waals surface area contributed by atoms with E-state index in [1.165, 1.54) is 24.1 Å². The highest BCUT2D eigenvalue weighted by atomic mass is 79.9. The second-order valence-electron chi connectivity index (χ2n) is 9.84. The maximum absolute atomic E-state index is 14.0. The number of rotatable bonds is 11. The summed E-state index contributed by atoms with van der Waals surface area (Å²) in [6, 6.07) is 21.2. The third-order valence-electron chi connectivity index (χ3n) is 7.11. The summed E-state index contributed by atoms with van der Waals surface area (Å²) < 4.78 is 34.8. The minimum Gasteiger partial charge on any atom is -0.497 e. The summed E-state index contributed by atoms with van der Waals surface area (Å²) in [5, 5.41) is 3.08. The molecule has 10 heteroatoms. The van der Waals surface area contributed by atoms with Crippen molar-refractivity contribution < 1.29 is 22.7 Å². The van der Waals surface area contributed by atoms with E-state index in [9.17, 15) is 18.0 Å². The number of nitrogens with one attached hydrogen (secondary N) is 1. The van der Waals surface area contributed by atoms with Gasteiger partial charge in [-0.3, -0.25) is 13.9 Å². The fourth-order valence-electron chi connectivity index (χ4n) is 4.76.